The second kappa shape index (κ2) is 5.48. The molecule has 0 radical (unpaired) electrons. The number of urea groups is 1. The lowest BCUT2D eigenvalue weighted by molar-refractivity contribution is -0.136. The molecule has 1 heterocycles. The van der Waals surface area contributed by atoms with E-state index >= 15 is 0 Å². The number of rotatable bonds is 1. The summed E-state index contributed by atoms with van der Waals surface area (Å²) in [4.78, 5) is 11.8. The Morgan fingerprint density at radius 2 is 2.00 bits per heavy atom. The van der Waals surface area contributed by atoms with Crippen molar-refractivity contribution in [1.29, 1.82) is 0 Å². The fraction of sp³-hybridized carbons (Fsp3) is 0.417. The monoisotopic (exact) mass is 273 g/mol. The molecule has 1 aromatic carbocycles. The SMILES string of the molecule is O=C(Nc1ccccc1C(F)(F)F)N1CCCCN1. The zero-order valence-corrected chi connectivity index (χ0v) is 10.1. The first-order valence-electron chi connectivity index (χ1n) is 5.97. The number of hydrogen-bond acceptors (Lipinski definition) is 2. The summed E-state index contributed by atoms with van der Waals surface area (Å²) in [7, 11) is 0. The minimum Gasteiger partial charge on any atom is -0.306 e. The van der Waals surface area contributed by atoms with E-state index in [1.54, 1.807) is 0 Å². The van der Waals surface area contributed by atoms with Crippen molar-refractivity contribution in [3.8, 4) is 0 Å². The van der Waals surface area contributed by atoms with Crippen molar-refractivity contribution >= 4 is 11.7 Å². The fourth-order valence-corrected chi connectivity index (χ4v) is 1.88. The number of carbonyl (C=O) groups is 1. The summed E-state index contributed by atoms with van der Waals surface area (Å²) in [6.07, 6.45) is -2.70. The molecule has 0 atom stereocenters. The third kappa shape index (κ3) is 3.37. The van der Waals surface area contributed by atoms with E-state index in [0.29, 0.717) is 13.1 Å². The number of hydrazine groups is 1. The maximum Gasteiger partial charge on any atom is 0.418 e. The number of alkyl halides is 3. The van der Waals surface area contributed by atoms with Crippen molar-refractivity contribution in [3.63, 3.8) is 0 Å². The summed E-state index contributed by atoms with van der Waals surface area (Å²) in [6.45, 7) is 1.13. The van der Waals surface area contributed by atoms with Crippen LogP contribution in [0, 0.1) is 0 Å². The van der Waals surface area contributed by atoms with Crippen LogP contribution in [0.2, 0.25) is 0 Å². The van der Waals surface area contributed by atoms with Crippen LogP contribution in [0.4, 0.5) is 23.7 Å². The molecule has 2 N–H and O–H groups in total. The Morgan fingerprint density at radius 1 is 1.26 bits per heavy atom. The molecule has 0 aromatic heterocycles. The van der Waals surface area contributed by atoms with Crippen molar-refractivity contribution in [3.05, 3.63) is 29.8 Å². The van der Waals surface area contributed by atoms with Gasteiger partial charge in [-0.1, -0.05) is 12.1 Å². The van der Waals surface area contributed by atoms with E-state index in [9.17, 15) is 18.0 Å². The molecule has 7 heteroatoms. The van der Waals surface area contributed by atoms with Crippen LogP contribution in [0.5, 0.6) is 0 Å². The molecule has 2 amide bonds. The highest BCUT2D eigenvalue weighted by atomic mass is 19.4. The molecule has 1 fully saturated rings. The summed E-state index contributed by atoms with van der Waals surface area (Å²) < 4.78 is 38.3. The fourth-order valence-electron chi connectivity index (χ4n) is 1.88. The molecular formula is C12H14F3N3O. The van der Waals surface area contributed by atoms with Crippen LogP contribution >= 0.6 is 0 Å². The van der Waals surface area contributed by atoms with Gasteiger partial charge in [0.05, 0.1) is 11.3 Å². The van der Waals surface area contributed by atoms with E-state index in [-0.39, 0.29) is 5.69 Å². The third-order valence-electron chi connectivity index (χ3n) is 2.83. The molecule has 19 heavy (non-hydrogen) atoms. The Kier molecular flexibility index (Phi) is 3.94. The first-order valence-corrected chi connectivity index (χ1v) is 5.97. The van der Waals surface area contributed by atoms with Gasteiger partial charge in [-0.3, -0.25) is 5.01 Å². The van der Waals surface area contributed by atoms with Gasteiger partial charge in [0, 0.05) is 13.1 Å². The number of benzene rings is 1. The van der Waals surface area contributed by atoms with Crippen molar-refractivity contribution in [2.24, 2.45) is 0 Å². The van der Waals surface area contributed by atoms with E-state index < -0.39 is 17.8 Å². The second-order valence-electron chi connectivity index (χ2n) is 4.24. The molecule has 0 saturated carbocycles. The normalized spacial score (nSPS) is 16.3. The Bertz CT molecular complexity index is 456. The van der Waals surface area contributed by atoms with E-state index in [4.69, 9.17) is 0 Å². The van der Waals surface area contributed by atoms with Crippen LogP contribution in [0.15, 0.2) is 24.3 Å². The maximum absolute atomic E-state index is 12.8. The van der Waals surface area contributed by atoms with Crippen LogP contribution in [0.3, 0.4) is 0 Å². The lowest BCUT2D eigenvalue weighted by Gasteiger charge is -2.28. The number of nitrogens with zero attached hydrogens (tertiary/aromatic N) is 1. The lowest BCUT2D eigenvalue weighted by atomic mass is 10.1. The molecule has 0 aliphatic carbocycles. The van der Waals surface area contributed by atoms with E-state index in [2.05, 4.69) is 10.7 Å². The van der Waals surface area contributed by atoms with Gasteiger partial charge in [-0.15, -0.1) is 0 Å². The van der Waals surface area contributed by atoms with E-state index in [1.807, 2.05) is 0 Å². The summed E-state index contributed by atoms with van der Waals surface area (Å²) in [5.74, 6) is 0. The highest BCUT2D eigenvalue weighted by Crippen LogP contribution is 2.34. The number of para-hydroxylation sites is 1. The lowest BCUT2D eigenvalue weighted by Crippen LogP contribution is -2.49. The quantitative estimate of drug-likeness (QED) is 0.826. The molecule has 0 bridgehead atoms. The van der Waals surface area contributed by atoms with E-state index in [0.717, 1.165) is 18.9 Å². The average molecular weight is 273 g/mol. The minimum atomic E-state index is -4.49. The number of hydrogen-bond donors (Lipinski definition) is 2. The number of carbonyl (C=O) groups excluding carboxylic acids is 1. The Hall–Kier alpha value is -1.76. The van der Waals surface area contributed by atoms with Gasteiger partial charge in [-0.05, 0) is 25.0 Å². The maximum atomic E-state index is 12.8. The minimum absolute atomic E-state index is 0.229. The molecule has 0 spiro atoms. The first kappa shape index (κ1) is 13.7. The van der Waals surface area contributed by atoms with E-state index in [1.165, 1.54) is 23.2 Å². The van der Waals surface area contributed by atoms with Gasteiger partial charge in [0.2, 0.25) is 0 Å². The molecular weight excluding hydrogens is 259 g/mol. The molecule has 1 aliphatic heterocycles. The second-order valence-corrected chi connectivity index (χ2v) is 4.24. The number of nitrogens with one attached hydrogen (secondary N) is 2. The van der Waals surface area contributed by atoms with Gasteiger partial charge < -0.3 is 5.32 Å². The molecule has 0 unspecified atom stereocenters. The topological polar surface area (TPSA) is 44.4 Å². The third-order valence-corrected chi connectivity index (χ3v) is 2.83. The van der Waals surface area contributed by atoms with Crippen LogP contribution in [-0.4, -0.2) is 24.1 Å². The summed E-state index contributed by atoms with van der Waals surface area (Å²) >= 11 is 0. The molecule has 1 aromatic rings. The van der Waals surface area contributed by atoms with Crippen molar-refractivity contribution in [1.82, 2.24) is 10.4 Å². The molecule has 2 rings (SSSR count). The molecule has 104 valence electrons. The van der Waals surface area contributed by atoms with Gasteiger partial charge in [0.25, 0.3) is 0 Å². The number of amides is 2. The first-order chi connectivity index (χ1) is 8.98. The highest BCUT2D eigenvalue weighted by Gasteiger charge is 2.33. The van der Waals surface area contributed by atoms with Gasteiger partial charge in [-0.2, -0.15) is 13.2 Å². The molecule has 1 aliphatic rings. The van der Waals surface area contributed by atoms with Crippen molar-refractivity contribution in [2.45, 2.75) is 19.0 Å². The molecule has 4 nitrogen and oxygen atoms in total. The highest BCUT2D eigenvalue weighted by molar-refractivity contribution is 5.90. The standard InChI is InChI=1S/C12H14F3N3O/c13-12(14,15)9-5-1-2-6-10(9)17-11(19)18-8-4-3-7-16-18/h1-2,5-6,16H,3-4,7-8H2,(H,17,19). The number of halogens is 3. The summed E-state index contributed by atoms with van der Waals surface area (Å²) in [5, 5.41) is 3.59. The van der Waals surface area contributed by atoms with Gasteiger partial charge in [0.1, 0.15) is 0 Å². The smallest absolute Gasteiger partial charge is 0.306 e. The van der Waals surface area contributed by atoms with Gasteiger partial charge in [-0.25, -0.2) is 10.2 Å². The average Bonchev–Trinajstić information content (AvgIpc) is 2.39. The Morgan fingerprint density at radius 3 is 2.63 bits per heavy atom. The largest absolute Gasteiger partial charge is 0.418 e. The van der Waals surface area contributed by atoms with Crippen molar-refractivity contribution in [2.75, 3.05) is 18.4 Å². The Labute approximate surface area is 108 Å². The zero-order chi connectivity index (χ0) is 13.9. The van der Waals surface area contributed by atoms with Gasteiger partial charge >= 0.3 is 12.2 Å². The Balaban J connectivity index is 2.12. The van der Waals surface area contributed by atoms with Crippen LogP contribution in [-0.2, 0) is 6.18 Å². The van der Waals surface area contributed by atoms with Crippen LogP contribution < -0.4 is 10.7 Å². The van der Waals surface area contributed by atoms with Crippen molar-refractivity contribution < 1.29 is 18.0 Å². The zero-order valence-electron chi connectivity index (χ0n) is 10.1. The summed E-state index contributed by atoms with van der Waals surface area (Å²) in [5.41, 5.74) is 1.76. The number of anilines is 1. The van der Waals surface area contributed by atoms with Gasteiger partial charge in [0.15, 0.2) is 0 Å². The predicted molar refractivity (Wildman–Crippen MR) is 64.4 cm³/mol. The summed E-state index contributed by atoms with van der Waals surface area (Å²) in [6, 6.07) is 4.35. The van der Waals surface area contributed by atoms with Crippen LogP contribution in [0.25, 0.3) is 0 Å². The van der Waals surface area contributed by atoms with Crippen LogP contribution in [0.1, 0.15) is 18.4 Å². The predicted octanol–water partition coefficient (Wildman–Crippen LogP) is 2.84. The molecule has 1 saturated heterocycles.